The molecule has 15 heavy (non-hydrogen) atoms. The van der Waals surface area contributed by atoms with Gasteiger partial charge in [-0.25, -0.2) is 0 Å². The maximum atomic E-state index is 10.1. The van der Waals surface area contributed by atoms with E-state index in [9.17, 15) is 4.79 Å². The summed E-state index contributed by atoms with van der Waals surface area (Å²) in [7, 11) is 0. The number of hydrogen-bond acceptors (Lipinski definition) is 1. The normalized spacial score (nSPS) is 14.5. The van der Waals surface area contributed by atoms with Crippen molar-refractivity contribution in [2.45, 2.75) is 52.9 Å². The Bertz CT molecular complexity index is 213. The quantitative estimate of drug-likeness (QED) is 0.430. The highest BCUT2D eigenvalue weighted by Gasteiger charge is 1.94. The first-order valence-corrected chi connectivity index (χ1v) is 5.88. The Balaban J connectivity index is 3.49. The smallest absolute Gasteiger partial charge is 0.198 e. The molecule has 0 aromatic heterocycles. The zero-order valence-corrected chi connectivity index (χ0v) is 10.3. The lowest BCUT2D eigenvalue weighted by molar-refractivity contribution is 0.542. The topological polar surface area (TPSA) is 17.1 Å². The molecule has 0 aliphatic heterocycles. The molecule has 0 bridgehead atoms. The predicted molar refractivity (Wildman–Crippen MR) is 66.5 cm³/mol. The molecule has 0 aliphatic carbocycles. The minimum absolute atomic E-state index is 0.343. The van der Waals surface area contributed by atoms with Crippen LogP contribution in [0.1, 0.15) is 52.9 Å². The maximum Gasteiger partial charge on any atom is 0.198 e. The maximum absolute atomic E-state index is 10.1. The van der Waals surface area contributed by atoms with Gasteiger partial charge in [-0.1, -0.05) is 37.6 Å². The van der Waals surface area contributed by atoms with Crippen LogP contribution in [0.2, 0.25) is 0 Å². The van der Waals surface area contributed by atoms with Gasteiger partial charge in [0, 0.05) is 6.42 Å². The van der Waals surface area contributed by atoms with E-state index in [0.29, 0.717) is 12.3 Å². The lowest BCUT2D eigenvalue weighted by Crippen LogP contribution is -1.89. The number of allylic oxidation sites excluding steroid dienone is 4. The van der Waals surface area contributed by atoms with Crippen LogP contribution in [0.5, 0.6) is 0 Å². The number of hydrogen-bond donors (Lipinski definition) is 0. The Morgan fingerprint density at radius 2 is 2.13 bits per heavy atom. The highest BCUT2D eigenvalue weighted by molar-refractivity contribution is 5.51. The first-order valence-electron chi connectivity index (χ1n) is 5.88. The summed E-state index contributed by atoms with van der Waals surface area (Å²) in [4.78, 5) is 10.1. The minimum Gasteiger partial charge on any atom is -0.291 e. The van der Waals surface area contributed by atoms with E-state index >= 15 is 0 Å². The molecule has 1 atom stereocenters. The molecule has 0 saturated carbocycles. The summed E-state index contributed by atoms with van der Waals surface area (Å²) in [6.07, 6.45) is 13.7. The molecule has 0 aromatic rings. The third kappa shape index (κ3) is 9.45. The van der Waals surface area contributed by atoms with Crippen LogP contribution >= 0.6 is 0 Å². The molecule has 0 fully saturated rings. The SMILES string of the molecule is CC/C(C)=C/CCC/C=C/C(C)C[C]=O. The fraction of sp³-hybridized carbons (Fsp3) is 0.643. The van der Waals surface area contributed by atoms with Gasteiger partial charge in [-0.05, 0) is 38.5 Å². The average molecular weight is 207 g/mol. The van der Waals surface area contributed by atoms with Crippen molar-refractivity contribution < 1.29 is 4.79 Å². The van der Waals surface area contributed by atoms with Gasteiger partial charge in [0.25, 0.3) is 0 Å². The van der Waals surface area contributed by atoms with Gasteiger partial charge in [0.05, 0.1) is 0 Å². The average Bonchev–Trinajstić information content (AvgIpc) is 2.23. The zero-order chi connectivity index (χ0) is 11.5. The summed E-state index contributed by atoms with van der Waals surface area (Å²) < 4.78 is 0. The van der Waals surface area contributed by atoms with Gasteiger partial charge in [-0.2, -0.15) is 0 Å². The van der Waals surface area contributed by atoms with E-state index in [-0.39, 0.29) is 0 Å². The van der Waals surface area contributed by atoms with Crippen molar-refractivity contribution in [1.29, 1.82) is 0 Å². The van der Waals surface area contributed by atoms with Crippen LogP contribution in [0.4, 0.5) is 0 Å². The molecule has 0 heterocycles. The van der Waals surface area contributed by atoms with E-state index < -0.39 is 0 Å². The molecule has 85 valence electrons. The largest absolute Gasteiger partial charge is 0.291 e. The fourth-order valence-corrected chi connectivity index (χ4v) is 1.26. The van der Waals surface area contributed by atoms with E-state index in [2.05, 4.69) is 32.1 Å². The zero-order valence-electron chi connectivity index (χ0n) is 10.3. The van der Waals surface area contributed by atoms with Gasteiger partial charge in [0.2, 0.25) is 0 Å². The second-order valence-corrected chi connectivity index (χ2v) is 4.09. The molecule has 0 N–H and O–H groups in total. The molecule has 0 rings (SSSR count). The first-order chi connectivity index (χ1) is 7.20. The molecule has 0 amide bonds. The van der Waals surface area contributed by atoms with Crippen molar-refractivity contribution in [1.82, 2.24) is 0 Å². The number of carbonyl (C=O) groups excluding carboxylic acids is 1. The van der Waals surface area contributed by atoms with Crippen molar-refractivity contribution >= 4 is 6.29 Å². The highest BCUT2D eigenvalue weighted by atomic mass is 16.1. The Labute approximate surface area is 94.3 Å². The van der Waals surface area contributed by atoms with Crippen molar-refractivity contribution in [3.63, 3.8) is 0 Å². The fourth-order valence-electron chi connectivity index (χ4n) is 1.26. The standard InChI is InChI=1S/C14H23O/c1-4-13(2)9-7-5-6-8-10-14(3)11-12-15/h8-10,14H,4-7,11H2,1-3H3/b10-8+,13-9+. The van der Waals surface area contributed by atoms with Crippen LogP contribution in [-0.2, 0) is 4.79 Å². The van der Waals surface area contributed by atoms with Crippen LogP contribution in [0.25, 0.3) is 0 Å². The van der Waals surface area contributed by atoms with Crippen molar-refractivity contribution in [2.75, 3.05) is 0 Å². The summed E-state index contributed by atoms with van der Waals surface area (Å²) in [6.45, 7) is 6.41. The highest BCUT2D eigenvalue weighted by Crippen LogP contribution is 2.06. The van der Waals surface area contributed by atoms with E-state index in [1.54, 1.807) is 0 Å². The van der Waals surface area contributed by atoms with Crippen molar-refractivity contribution in [2.24, 2.45) is 5.92 Å². The van der Waals surface area contributed by atoms with Gasteiger partial charge >= 0.3 is 0 Å². The van der Waals surface area contributed by atoms with E-state index in [0.717, 1.165) is 19.3 Å². The van der Waals surface area contributed by atoms with Gasteiger partial charge in [0.1, 0.15) is 0 Å². The van der Waals surface area contributed by atoms with Crippen molar-refractivity contribution in [3.05, 3.63) is 23.8 Å². The molecule has 0 spiro atoms. The third-order valence-electron chi connectivity index (χ3n) is 2.50. The molecule has 1 nitrogen and oxygen atoms in total. The Morgan fingerprint density at radius 1 is 1.40 bits per heavy atom. The lowest BCUT2D eigenvalue weighted by atomic mass is 10.1. The summed E-state index contributed by atoms with van der Waals surface area (Å²) in [5.41, 5.74) is 1.47. The first kappa shape index (κ1) is 14.2. The predicted octanol–water partition coefficient (Wildman–Crippen LogP) is 4.21. The van der Waals surface area contributed by atoms with Gasteiger partial charge in [-0.3, -0.25) is 4.79 Å². The third-order valence-corrected chi connectivity index (χ3v) is 2.50. The second kappa shape index (κ2) is 9.70. The van der Waals surface area contributed by atoms with Gasteiger partial charge in [-0.15, -0.1) is 0 Å². The summed E-state index contributed by atoms with van der Waals surface area (Å²) in [6, 6.07) is 0. The summed E-state index contributed by atoms with van der Waals surface area (Å²) in [5, 5.41) is 0. The molecule has 0 saturated heterocycles. The molecule has 1 unspecified atom stereocenters. The monoisotopic (exact) mass is 207 g/mol. The van der Waals surface area contributed by atoms with Gasteiger partial charge < -0.3 is 0 Å². The Kier molecular flexibility index (Phi) is 9.15. The lowest BCUT2D eigenvalue weighted by Gasteiger charge is -1.98. The van der Waals surface area contributed by atoms with E-state index in [1.807, 2.05) is 13.2 Å². The van der Waals surface area contributed by atoms with E-state index in [4.69, 9.17) is 0 Å². The van der Waals surface area contributed by atoms with Crippen molar-refractivity contribution in [3.8, 4) is 0 Å². The molecule has 0 aliphatic rings. The second-order valence-electron chi connectivity index (χ2n) is 4.09. The molecule has 1 heteroatoms. The van der Waals surface area contributed by atoms with Crippen LogP contribution in [0.3, 0.4) is 0 Å². The van der Waals surface area contributed by atoms with Crippen LogP contribution in [0, 0.1) is 5.92 Å². The van der Waals surface area contributed by atoms with E-state index in [1.165, 1.54) is 12.0 Å². The summed E-state index contributed by atoms with van der Waals surface area (Å²) in [5.74, 6) is 0.343. The molecule has 0 aromatic carbocycles. The molecule has 1 radical (unpaired) electrons. The number of unbranched alkanes of at least 4 members (excludes halogenated alkanes) is 2. The van der Waals surface area contributed by atoms with Crippen LogP contribution in [-0.4, -0.2) is 6.29 Å². The van der Waals surface area contributed by atoms with Crippen LogP contribution < -0.4 is 0 Å². The Hall–Kier alpha value is -0.850. The molecular weight excluding hydrogens is 184 g/mol. The summed E-state index contributed by atoms with van der Waals surface area (Å²) >= 11 is 0. The Morgan fingerprint density at radius 3 is 2.73 bits per heavy atom. The number of rotatable bonds is 8. The molecular formula is C14H23O. The van der Waals surface area contributed by atoms with Gasteiger partial charge in [0.15, 0.2) is 6.29 Å². The van der Waals surface area contributed by atoms with Crippen LogP contribution in [0.15, 0.2) is 23.8 Å². The minimum atomic E-state index is 0.343.